The molecule has 1 heterocycles. The standard InChI is InChI=1S/C11H9BrClNO/c1-6-3-11(13)14-9-5-8(12)10(15-2)4-7(6)9/h3-5H,1-2H3. The van der Waals surface area contributed by atoms with Crippen molar-refractivity contribution in [3.8, 4) is 5.75 Å². The molecule has 2 nitrogen and oxygen atoms in total. The molecule has 2 rings (SSSR count). The number of nitrogens with zero attached hydrogens (tertiary/aromatic N) is 1. The highest BCUT2D eigenvalue weighted by atomic mass is 79.9. The van der Waals surface area contributed by atoms with Gasteiger partial charge in [-0.1, -0.05) is 11.6 Å². The number of halogens is 2. The number of ether oxygens (including phenoxy) is 1. The number of hydrogen-bond acceptors (Lipinski definition) is 2. The number of methoxy groups -OCH3 is 1. The maximum Gasteiger partial charge on any atom is 0.133 e. The lowest BCUT2D eigenvalue weighted by Gasteiger charge is -2.07. The van der Waals surface area contributed by atoms with Crippen LogP contribution in [0.2, 0.25) is 5.15 Å². The smallest absolute Gasteiger partial charge is 0.133 e. The van der Waals surface area contributed by atoms with Crippen LogP contribution in [0.15, 0.2) is 22.7 Å². The number of aromatic nitrogens is 1. The van der Waals surface area contributed by atoms with Crippen molar-refractivity contribution in [1.29, 1.82) is 0 Å². The second-order valence-electron chi connectivity index (χ2n) is 3.27. The average molecular weight is 287 g/mol. The molecule has 0 saturated carbocycles. The van der Waals surface area contributed by atoms with Crippen LogP contribution in [0.5, 0.6) is 5.75 Å². The summed E-state index contributed by atoms with van der Waals surface area (Å²) < 4.78 is 6.11. The van der Waals surface area contributed by atoms with Crippen LogP contribution in [0.1, 0.15) is 5.56 Å². The predicted octanol–water partition coefficient (Wildman–Crippen LogP) is 3.97. The van der Waals surface area contributed by atoms with Crippen LogP contribution >= 0.6 is 27.5 Å². The lowest BCUT2D eigenvalue weighted by molar-refractivity contribution is 0.413. The first-order valence-corrected chi connectivity index (χ1v) is 5.59. The van der Waals surface area contributed by atoms with Crippen molar-refractivity contribution in [3.05, 3.63) is 33.4 Å². The Bertz CT molecular complexity index is 527. The molecular weight excluding hydrogens is 277 g/mol. The molecule has 0 saturated heterocycles. The van der Waals surface area contributed by atoms with Gasteiger partial charge in [-0.3, -0.25) is 0 Å². The molecule has 0 spiro atoms. The van der Waals surface area contributed by atoms with Crippen molar-refractivity contribution < 1.29 is 4.74 Å². The highest BCUT2D eigenvalue weighted by Gasteiger charge is 2.06. The zero-order valence-electron chi connectivity index (χ0n) is 8.34. The van der Waals surface area contributed by atoms with Crippen LogP contribution in [0.4, 0.5) is 0 Å². The van der Waals surface area contributed by atoms with E-state index in [0.29, 0.717) is 5.15 Å². The van der Waals surface area contributed by atoms with E-state index in [1.54, 1.807) is 7.11 Å². The number of rotatable bonds is 1. The first-order chi connectivity index (χ1) is 7.11. The van der Waals surface area contributed by atoms with E-state index in [4.69, 9.17) is 16.3 Å². The number of benzene rings is 1. The van der Waals surface area contributed by atoms with Crippen LogP contribution in [0.25, 0.3) is 10.9 Å². The normalized spacial score (nSPS) is 10.7. The maximum absolute atomic E-state index is 5.89. The number of aryl methyl sites for hydroxylation is 1. The first-order valence-electron chi connectivity index (χ1n) is 4.42. The Kier molecular flexibility index (Phi) is 2.85. The van der Waals surface area contributed by atoms with Crippen LogP contribution in [-0.4, -0.2) is 12.1 Å². The largest absolute Gasteiger partial charge is 0.496 e. The van der Waals surface area contributed by atoms with Gasteiger partial charge in [-0.2, -0.15) is 0 Å². The van der Waals surface area contributed by atoms with E-state index in [1.165, 1.54) is 0 Å². The van der Waals surface area contributed by atoms with E-state index in [0.717, 1.165) is 26.7 Å². The van der Waals surface area contributed by atoms with Crippen molar-refractivity contribution in [2.75, 3.05) is 7.11 Å². The van der Waals surface area contributed by atoms with Crippen LogP contribution in [-0.2, 0) is 0 Å². The topological polar surface area (TPSA) is 22.1 Å². The van der Waals surface area contributed by atoms with Crippen LogP contribution < -0.4 is 4.74 Å². The molecule has 0 amide bonds. The number of pyridine rings is 1. The van der Waals surface area contributed by atoms with Gasteiger partial charge in [0.2, 0.25) is 0 Å². The van der Waals surface area contributed by atoms with E-state index in [9.17, 15) is 0 Å². The molecule has 0 unspecified atom stereocenters. The molecule has 0 aliphatic rings. The molecule has 1 aromatic heterocycles. The average Bonchev–Trinajstić information content (AvgIpc) is 2.16. The molecule has 78 valence electrons. The van der Waals surface area contributed by atoms with Gasteiger partial charge in [-0.05, 0) is 46.6 Å². The van der Waals surface area contributed by atoms with Gasteiger partial charge in [0.15, 0.2) is 0 Å². The molecule has 1 aromatic carbocycles. The lowest BCUT2D eigenvalue weighted by Crippen LogP contribution is -1.89. The monoisotopic (exact) mass is 285 g/mol. The summed E-state index contributed by atoms with van der Waals surface area (Å²) in [5.41, 5.74) is 1.96. The summed E-state index contributed by atoms with van der Waals surface area (Å²) in [5, 5.41) is 1.57. The Morgan fingerprint density at radius 3 is 2.73 bits per heavy atom. The van der Waals surface area contributed by atoms with Gasteiger partial charge < -0.3 is 4.74 Å². The lowest BCUT2D eigenvalue weighted by atomic mass is 10.1. The van der Waals surface area contributed by atoms with Gasteiger partial charge in [-0.25, -0.2) is 4.98 Å². The van der Waals surface area contributed by atoms with Gasteiger partial charge in [0, 0.05) is 5.39 Å². The Morgan fingerprint density at radius 1 is 1.33 bits per heavy atom. The molecule has 15 heavy (non-hydrogen) atoms. The number of fused-ring (bicyclic) bond motifs is 1. The minimum atomic E-state index is 0.511. The molecule has 2 aromatic rings. The zero-order valence-corrected chi connectivity index (χ0v) is 10.7. The molecule has 0 radical (unpaired) electrons. The van der Waals surface area contributed by atoms with Crippen molar-refractivity contribution in [1.82, 2.24) is 4.98 Å². The molecule has 0 fully saturated rings. The fraction of sp³-hybridized carbons (Fsp3) is 0.182. The fourth-order valence-electron chi connectivity index (χ4n) is 1.51. The van der Waals surface area contributed by atoms with E-state index >= 15 is 0 Å². The second-order valence-corrected chi connectivity index (χ2v) is 4.51. The summed E-state index contributed by atoms with van der Waals surface area (Å²) in [5.74, 6) is 0.801. The molecule has 4 heteroatoms. The van der Waals surface area contributed by atoms with E-state index in [2.05, 4.69) is 20.9 Å². The Balaban J connectivity index is 2.81. The third-order valence-electron chi connectivity index (χ3n) is 2.26. The Labute approximate surface area is 101 Å². The van der Waals surface area contributed by atoms with E-state index in [-0.39, 0.29) is 0 Å². The summed E-state index contributed by atoms with van der Waals surface area (Å²) in [7, 11) is 1.64. The molecule has 0 atom stereocenters. The Hall–Kier alpha value is -0.800. The predicted molar refractivity (Wildman–Crippen MR) is 65.7 cm³/mol. The van der Waals surface area contributed by atoms with Crippen molar-refractivity contribution in [3.63, 3.8) is 0 Å². The molecule has 0 aliphatic heterocycles. The van der Waals surface area contributed by atoms with Gasteiger partial charge in [0.1, 0.15) is 10.9 Å². The third-order valence-corrected chi connectivity index (χ3v) is 3.07. The van der Waals surface area contributed by atoms with Gasteiger partial charge in [0.25, 0.3) is 0 Å². The van der Waals surface area contributed by atoms with Gasteiger partial charge in [0.05, 0.1) is 17.1 Å². The second kappa shape index (κ2) is 3.99. The molecular formula is C11H9BrClNO. The van der Waals surface area contributed by atoms with Crippen molar-refractivity contribution in [2.24, 2.45) is 0 Å². The van der Waals surface area contributed by atoms with Crippen LogP contribution in [0, 0.1) is 6.92 Å². The summed E-state index contributed by atoms with van der Waals surface area (Å²) in [6, 6.07) is 5.71. The van der Waals surface area contributed by atoms with Crippen molar-refractivity contribution >= 4 is 38.4 Å². The van der Waals surface area contributed by atoms with E-state index < -0.39 is 0 Å². The Morgan fingerprint density at radius 2 is 2.07 bits per heavy atom. The minimum absolute atomic E-state index is 0.511. The maximum atomic E-state index is 5.89. The quantitative estimate of drug-likeness (QED) is 0.740. The summed E-state index contributed by atoms with van der Waals surface area (Å²) in [6.07, 6.45) is 0. The molecule has 0 N–H and O–H groups in total. The SMILES string of the molecule is COc1cc2c(C)cc(Cl)nc2cc1Br. The summed E-state index contributed by atoms with van der Waals surface area (Å²) in [6.45, 7) is 2.00. The molecule has 0 bridgehead atoms. The number of hydrogen-bond donors (Lipinski definition) is 0. The van der Waals surface area contributed by atoms with E-state index in [1.807, 2.05) is 25.1 Å². The van der Waals surface area contributed by atoms with Gasteiger partial charge in [-0.15, -0.1) is 0 Å². The third kappa shape index (κ3) is 1.94. The summed E-state index contributed by atoms with van der Waals surface area (Å²) in [4.78, 5) is 4.25. The van der Waals surface area contributed by atoms with Crippen LogP contribution in [0.3, 0.4) is 0 Å². The first kappa shape index (κ1) is 10.7. The molecule has 0 aliphatic carbocycles. The zero-order chi connectivity index (χ0) is 11.0. The van der Waals surface area contributed by atoms with Crippen molar-refractivity contribution in [2.45, 2.75) is 6.92 Å². The highest BCUT2D eigenvalue weighted by Crippen LogP contribution is 2.31. The summed E-state index contributed by atoms with van der Waals surface area (Å²) >= 11 is 9.31. The highest BCUT2D eigenvalue weighted by molar-refractivity contribution is 9.10. The van der Waals surface area contributed by atoms with Gasteiger partial charge >= 0.3 is 0 Å². The minimum Gasteiger partial charge on any atom is -0.496 e. The fourth-order valence-corrected chi connectivity index (χ4v) is 2.26.